The van der Waals surface area contributed by atoms with Crippen LogP contribution in [0.1, 0.15) is 36.4 Å². The van der Waals surface area contributed by atoms with Crippen LogP contribution in [-0.2, 0) is 20.9 Å². The van der Waals surface area contributed by atoms with Crippen molar-refractivity contribution < 1.29 is 23.5 Å². The van der Waals surface area contributed by atoms with Crippen LogP contribution in [0.4, 0.5) is 0 Å². The molecule has 0 aliphatic heterocycles. The van der Waals surface area contributed by atoms with Gasteiger partial charge in [0.1, 0.15) is 12.2 Å². The lowest BCUT2D eigenvalue weighted by atomic mass is 10.1. The summed E-state index contributed by atoms with van der Waals surface area (Å²) in [6.45, 7) is 3.99. The van der Waals surface area contributed by atoms with E-state index in [1.807, 2.05) is 19.1 Å². The molecule has 2 aromatic rings. The van der Waals surface area contributed by atoms with Gasteiger partial charge in [0.25, 0.3) is 0 Å². The molecular formula is C17H17BrO5. The van der Waals surface area contributed by atoms with Crippen molar-refractivity contribution >= 4 is 38.8 Å². The third kappa shape index (κ3) is 3.27. The zero-order valence-electron chi connectivity index (χ0n) is 12.9. The molecule has 1 aromatic carbocycles. The summed E-state index contributed by atoms with van der Waals surface area (Å²) in [5.74, 6) is -0.327. The molecule has 6 heteroatoms. The Balaban J connectivity index is 1.91. The van der Waals surface area contributed by atoms with Crippen LogP contribution in [0, 0.1) is 11.8 Å². The fourth-order valence-electron chi connectivity index (χ4n) is 2.53. The summed E-state index contributed by atoms with van der Waals surface area (Å²) in [5.41, 5.74) is 1.10. The molecule has 0 radical (unpaired) electrons. The van der Waals surface area contributed by atoms with E-state index >= 15 is 0 Å². The minimum atomic E-state index is -0.550. The summed E-state index contributed by atoms with van der Waals surface area (Å²) in [6, 6.07) is 5.42. The minimum absolute atomic E-state index is 0.000343. The first-order valence-corrected chi connectivity index (χ1v) is 8.35. The standard InChI is InChI=1S/C17H17BrO5/c1-3-21-17(20)15-13(8-22-16(19)11-6-9(11)2)12-7-10(18)4-5-14(12)23-15/h4-5,7,9,11H,3,6,8H2,1-2H3/t9-,11+/m1/s1. The predicted molar refractivity (Wildman–Crippen MR) is 86.9 cm³/mol. The molecule has 1 heterocycles. The summed E-state index contributed by atoms with van der Waals surface area (Å²) in [6.07, 6.45) is 0.862. The number of hydrogen-bond donors (Lipinski definition) is 0. The Morgan fingerprint density at radius 1 is 1.35 bits per heavy atom. The summed E-state index contributed by atoms with van der Waals surface area (Å²) in [7, 11) is 0. The van der Waals surface area contributed by atoms with Gasteiger partial charge >= 0.3 is 11.9 Å². The fraction of sp³-hybridized carbons (Fsp3) is 0.412. The molecule has 1 aromatic heterocycles. The van der Waals surface area contributed by atoms with Crippen molar-refractivity contribution in [2.75, 3.05) is 6.61 Å². The van der Waals surface area contributed by atoms with Crippen molar-refractivity contribution in [2.24, 2.45) is 11.8 Å². The smallest absolute Gasteiger partial charge is 0.374 e. The minimum Gasteiger partial charge on any atom is -0.460 e. The lowest BCUT2D eigenvalue weighted by Crippen LogP contribution is -2.11. The monoisotopic (exact) mass is 380 g/mol. The van der Waals surface area contributed by atoms with Crippen molar-refractivity contribution in [1.82, 2.24) is 0 Å². The number of carbonyl (C=O) groups excluding carboxylic acids is 2. The van der Waals surface area contributed by atoms with Crippen molar-refractivity contribution in [3.63, 3.8) is 0 Å². The maximum absolute atomic E-state index is 12.1. The molecule has 5 nitrogen and oxygen atoms in total. The fourth-order valence-corrected chi connectivity index (χ4v) is 2.89. The number of ether oxygens (including phenoxy) is 2. The van der Waals surface area contributed by atoms with Crippen LogP contribution >= 0.6 is 15.9 Å². The lowest BCUT2D eigenvalue weighted by Gasteiger charge is -2.05. The molecule has 1 aliphatic rings. The first-order valence-electron chi connectivity index (χ1n) is 7.56. The summed E-state index contributed by atoms with van der Waals surface area (Å²) >= 11 is 3.40. The third-order valence-electron chi connectivity index (χ3n) is 3.98. The third-order valence-corrected chi connectivity index (χ3v) is 4.48. The van der Waals surface area contributed by atoms with Crippen LogP contribution < -0.4 is 0 Å². The van der Waals surface area contributed by atoms with Crippen LogP contribution in [0.15, 0.2) is 27.1 Å². The van der Waals surface area contributed by atoms with Gasteiger partial charge in [-0.1, -0.05) is 22.9 Å². The van der Waals surface area contributed by atoms with Crippen molar-refractivity contribution in [1.29, 1.82) is 0 Å². The number of rotatable bonds is 5. The first-order chi connectivity index (χ1) is 11.0. The number of fused-ring (bicyclic) bond motifs is 1. The Bertz CT molecular complexity index is 764. The second kappa shape index (κ2) is 6.35. The predicted octanol–water partition coefficient (Wildman–Crippen LogP) is 4.07. The van der Waals surface area contributed by atoms with E-state index in [2.05, 4.69) is 15.9 Å². The van der Waals surface area contributed by atoms with Gasteiger partial charge in [-0.05, 0) is 37.5 Å². The molecule has 0 saturated heterocycles. The van der Waals surface area contributed by atoms with E-state index in [4.69, 9.17) is 13.9 Å². The molecule has 0 amide bonds. The largest absolute Gasteiger partial charge is 0.460 e. The Morgan fingerprint density at radius 3 is 2.74 bits per heavy atom. The Kier molecular flexibility index (Phi) is 4.43. The van der Waals surface area contributed by atoms with Gasteiger partial charge in [0.05, 0.1) is 18.1 Å². The molecule has 0 unspecified atom stereocenters. The van der Waals surface area contributed by atoms with E-state index in [9.17, 15) is 9.59 Å². The highest BCUT2D eigenvalue weighted by atomic mass is 79.9. The molecule has 1 aliphatic carbocycles. The van der Waals surface area contributed by atoms with Gasteiger partial charge in [-0.3, -0.25) is 4.79 Å². The Hall–Kier alpha value is -1.82. The van der Waals surface area contributed by atoms with E-state index in [1.54, 1.807) is 13.0 Å². The number of esters is 2. The molecule has 1 saturated carbocycles. The van der Waals surface area contributed by atoms with Crippen LogP contribution in [-0.4, -0.2) is 18.5 Å². The molecule has 23 heavy (non-hydrogen) atoms. The van der Waals surface area contributed by atoms with Gasteiger partial charge in [0, 0.05) is 9.86 Å². The normalized spacial score (nSPS) is 19.6. The van der Waals surface area contributed by atoms with Gasteiger partial charge in [-0.15, -0.1) is 0 Å². The zero-order valence-corrected chi connectivity index (χ0v) is 14.5. The topological polar surface area (TPSA) is 65.7 Å². The van der Waals surface area contributed by atoms with Gasteiger partial charge in [-0.25, -0.2) is 4.79 Å². The highest BCUT2D eigenvalue weighted by Crippen LogP contribution is 2.39. The van der Waals surface area contributed by atoms with Gasteiger partial charge < -0.3 is 13.9 Å². The van der Waals surface area contributed by atoms with Gasteiger partial charge in [0.2, 0.25) is 5.76 Å². The number of halogens is 1. The maximum atomic E-state index is 12.1. The van der Waals surface area contributed by atoms with Crippen molar-refractivity contribution in [2.45, 2.75) is 26.9 Å². The molecular weight excluding hydrogens is 364 g/mol. The number of carbonyl (C=O) groups is 2. The second-order valence-corrected chi connectivity index (χ2v) is 6.61. The number of benzene rings is 1. The van der Waals surface area contributed by atoms with E-state index in [-0.39, 0.29) is 30.9 Å². The average Bonchev–Trinajstić information content (AvgIpc) is 3.14. The molecule has 0 N–H and O–H groups in total. The zero-order chi connectivity index (χ0) is 16.6. The Labute approximate surface area is 142 Å². The second-order valence-electron chi connectivity index (χ2n) is 5.70. The highest BCUT2D eigenvalue weighted by Gasteiger charge is 2.40. The molecule has 3 rings (SSSR count). The average molecular weight is 381 g/mol. The van der Waals surface area contributed by atoms with Gasteiger partial charge in [0.15, 0.2) is 0 Å². The van der Waals surface area contributed by atoms with E-state index in [0.717, 1.165) is 16.3 Å². The Morgan fingerprint density at radius 2 is 2.09 bits per heavy atom. The summed E-state index contributed by atoms with van der Waals surface area (Å²) in [4.78, 5) is 24.0. The number of hydrogen-bond acceptors (Lipinski definition) is 5. The summed E-state index contributed by atoms with van der Waals surface area (Å²) in [5, 5.41) is 0.735. The molecule has 1 fully saturated rings. The van der Waals surface area contributed by atoms with Crippen LogP contribution in [0.5, 0.6) is 0 Å². The van der Waals surface area contributed by atoms with Gasteiger partial charge in [-0.2, -0.15) is 0 Å². The molecule has 2 atom stereocenters. The molecule has 122 valence electrons. The van der Waals surface area contributed by atoms with Crippen LogP contribution in [0.3, 0.4) is 0 Å². The molecule has 0 spiro atoms. The van der Waals surface area contributed by atoms with E-state index in [1.165, 1.54) is 0 Å². The maximum Gasteiger partial charge on any atom is 0.374 e. The highest BCUT2D eigenvalue weighted by molar-refractivity contribution is 9.10. The first kappa shape index (κ1) is 16.1. The summed E-state index contributed by atoms with van der Waals surface area (Å²) < 4.78 is 16.9. The van der Waals surface area contributed by atoms with Crippen LogP contribution in [0.25, 0.3) is 11.0 Å². The van der Waals surface area contributed by atoms with Crippen molar-refractivity contribution in [3.05, 3.63) is 34.0 Å². The lowest BCUT2D eigenvalue weighted by molar-refractivity contribution is -0.146. The van der Waals surface area contributed by atoms with E-state index < -0.39 is 5.97 Å². The SMILES string of the molecule is CCOC(=O)c1oc2ccc(Br)cc2c1COC(=O)[C@H]1C[C@H]1C. The quantitative estimate of drug-likeness (QED) is 0.731. The van der Waals surface area contributed by atoms with E-state index in [0.29, 0.717) is 17.1 Å². The molecule has 0 bridgehead atoms. The number of furan rings is 1. The van der Waals surface area contributed by atoms with Crippen LogP contribution in [0.2, 0.25) is 0 Å². The van der Waals surface area contributed by atoms with Crippen molar-refractivity contribution in [3.8, 4) is 0 Å².